The van der Waals surface area contributed by atoms with Crippen LogP contribution in [0.4, 0.5) is 4.79 Å². The maximum absolute atomic E-state index is 13.5. The normalized spacial score (nSPS) is 11.5. The molecule has 0 unspecified atom stereocenters. The van der Waals surface area contributed by atoms with Crippen LogP contribution in [-0.2, 0) is 33.7 Å². The fraction of sp³-hybridized carbons (Fsp3) is 0.447. The molecular formula is C38H49N7O7S. The molecule has 0 fully saturated rings. The lowest BCUT2D eigenvalue weighted by atomic mass is 10.1. The lowest BCUT2D eigenvalue weighted by molar-refractivity contribution is 0.0371. The number of hydrogen-bond donors (Lipinski definition) is 2. The van der Waals surface area contributed by atoms with Gasteiger partial charge in [0.25, 0.3) is 5.91 Å². The molecule has 0 aliphatic rings. The third kappa shape index (κ3) is 11.8. The third-order valence-electron chi connectivity index (χ3n) is 7.76. The van der Waals surface area contributed by atoms with Crippen molar-refractivity contribution in [2.45, 2.75) is 59.7 Å². The standard InChI is InChI=1S/C38H49N7O7S/c1-6-50-32-12-11-27(24-33(32)51-7-2)13-15-39-36(46)31-25-34-30(14-22-53-34)44(31)26-28-9-8-10-29(23-28)35-41-43-45(42-35)17-19-49-21-20-48-18-16-40-37(47)52-38(3,4)5/h8-12,14,22-25H,6-7,13,15-21,26H2,1-5H3,(H,39,46)(H,40,47). The summed E-state index contributed by atoms with van der Waals surface area (Å²) in [7, 11) is 0. The van der Waals surface area contributed by atoms with Crippen LogP contribution in [0.2, 0.25) is 0 Å². The summed E-state index contributed by atoms with van der Waals surface area (Å²) >= 11 is 1.61. The zero-order valence-electron chi connectivity index (χ0n) is 31.1. The van der Waals surface area contributed by atoms with E-state index in [1.165, 1.54) is 4.80 Å². The predicted molar refractivity (Wildman–Crippen MR) is 203 cm³/mol. The minimum Gasteiger partial charge on any atom is -0.490 e. The molecule has 5 rings (SSSR count). The summed E-state index contributed by atoms with van der Waals surface area (Å²) in [5, 5.41) is 20.8. The summed E-state index contributed by atoms with van der Waals surface area (Å²) in [6, 6.07) is 17.8. The van der Waals surface area contributed by atoms with Gasteiger partial charge in [-0.2, -0.15) is 4.80 Å². The lowest BCUT2D eigenvalue weighted by Gasteiger charge is -2.19. The van der Waals surface area contributed by atoms with Gasteiger partial charge < -0.3 is 38.9 Å². The second kappa shape index (κ2) is 19.2. The van der Waals surface area contributed by atoms with Gasteiger partial charge in [-0.3, -0.25) is 4.79 Å². The van der Waals surface area contributed by atoms with E-state index in [4.69, 9.17) is 23.7 Å². The Kier molecular flexibility index (Phi) is 14.2. The van der Waals surface area contributed by atoms with Crippen molar-refractivity contribution in [3.63, 3.8) is 0 Å². The van der Waals surface area contributed by atoms with E-state index in [2.05, 4.69) is 26.0 Å². The van der Waals surface area contributed by atoms with Gasteiger partial charge in [0.05, 0.1) is 56.4 Å². The van der Waals surface area contributed by atoms with Crippen molar-refractivity contribution >= 4 is 33.6 Å². The number of nitrogens with one attached hydrogen (secondary N) is 2. The first kappa shape index (κ1) is 39.2. The second-order valence-electron chi connectivity index (χ2n) is 13.0. The van der Waals surface area contributed by atoms with Crippen LogP contribution in [0.5, 0.6) is 11.5 Å². The van der Waals surface area contributed by atoms with Crippen LogP contribution < -0.4 is 20.1 Å². The number of rotatable bonds is 20. The number of alkyl carbamates (subject to hydrolysis) is 1. The molecule has 0 saturated heterocycles. The number of fused-ring (bicyclic) bond motifs is 1. The largest absolute Gasteiger partial charge is 0.490 e. The number of carbonyl (C=O) groups is 2. The molecule has 284 valence electrons. The van der Waals surface area contributed by atoms with Crippen LogP contribution in [0.15, 0.2) is 60.0 Å². The Morgan fingerprint density at radius 3 is 2.43 bits per heavy atom. The van der Waals surface area contributed by atoms with Gasteiger partial charge >= 0.3 is 6.09 Å². The molecule has 0 aliphatic carbocycles. The topological polar surface area (TPSA) is 153 Å². The number of amides is 2. The molecule has 0 radical (unpaired) electrons. The van der Waals surface area contributed by atoms with Gasteiger partial charge in [-0.25, -0.2) is 4.79 Å². The number of carbonyl (C=O) groups excluding carboxylic acids is 2. The van der Waals surface area contributed by atoms with Gasteiger partial charge in [0, 0.05) is 25.2 Å². The predicted octanol–water partition coefficient (Wildman–Crippen LogP) is 5.73. The molecule has 2 N–H and O–H groups in total. The Morgan fingerprint density at radius 1 is 0.849 bits per heavy atom. The molecule has 0 saturated carbocycles. The first-order valence-electron chi connectivity index (χ1n) is 17.9. The molecule has 3 heterocycles. The van der Waals surface area contributed by atoms with Gasteiger partial charge in [-0.05, 0) is 93.1 Å². The van der Waals surface area contributed by atoms with Crippen LogP contribution >= 0.6 is 11.3 Å². The summed E-state index contributed by atoms with van der Waals surface area (Å²) in [5.74, 6) is 1.80. The van der Waals surface area contributed by atoms with Crippen molar-refractivity contribution < 1.29 is 33.3 Å². The summed E-state index contributed by atoms with van der Waals surface area (Å²) in [6.07, 6.45) is 0.184. The van der Waals surface area contributed by atoms with Gasteiger partial charge in [-0.1, -0.05) is 24.3 Å². The zero-order chi connectivity index (χ0) is 37.6. The molecule has 5 aromatic rings. The van der Waals surface area contributed by atoms with E-state index in [-0.39, 0.29) is 5.91 Å². The van der Waals surface area contributed by atoms with Crippen LogP contribution in [0.3, 0.4) is 0 Å². The highest BCUT2D eigenvalue weighted by molar-refractivity contribution is 7.17. The van der Waals surface area contributed by atoms with E-state index in [0.717, 1.165) is 32.7 Å². The fourth-order valence-electron chi connectivity index (χ4n) is 5.45. The molecule has 0 aliphatic heterocycles. The van der Waals surface area contributed by atoms with E-state index in [9.17, 15) is 9.59 Å². The Morgan fingerprint density at radius 2 is 1.64 bits per heavy atom. The summed E-state index contributed by atoms with van der Waals surface area (Å²) in [4.78, 5) is 26.7. The maximum Gasteiger partial charge on any atom is 0.407 e. The first-order chi connectivity index (χ1) is 25.6. The number of thiophene rings is 1. The SMILES string of the molecule is CCOc1ccc(CCNC(=O)c2cc3sccc3n2Cc2cccc(-c3nnn(CCOCCOCCNC(=O)OC(C)(C)C)n3)c2)cc1OCC. The van der Waals surface area contributed by atoms with Crippen LogP contribution in [0.1, 0.15) is 56.2 Å². The van der Waals surface area contributed by atoms with Crippen molar-refractivity contribution in [2.75, 3.05) is 52.7 Å². The average Bonchev–Trinajstić information content (AvgIpc) is 3.86. The molecule has 3 aromatic heterocycles. The highest BCUT2D eigenvalue weighted by Gasteiger charge is 2.18. The Balaban J connectivity index is 1.10. The monoisotopic (exact) mass is 747 g/mol. The zero-order valence-corrected chi connectivity index (χ0v) is 31.9. The first-order valence-corrected chi connectivity index (χ1v) is 18.7. The molecule has 0 bridgehead atoms. The molecule has 15 heteroatoms. The molecular weight excluding hydrogens is 699 g/mol. The lowest BCUT2D eigenvalue weighted by Crippen LogP contribution is -2.34. The molecule has 2 aromatic carbocycles. The van der Waals surface area contributed by atoms with Crippen LogP contribution in [0.25, 0.3) is 21.6 Å². The highest BCUT2D eigenvalue weighted by atomic mass is 32.1. The Labute approximate surface area is 313 Å². The smallest absolute Gasteiger partial charge is 0.407 e. The van der Waals surface area contributed by atoms with E-state index >= 15 is 0 Å². The Bertz CT molecular complexity index is 1930. The number of tetrazole rings is 1. The van der Waals surface area contributed by atoms with Crippen molar-refractivity contribution in [1.82, 2.24) is 35.4 Å². The quantitative estimate of drug-likeness (QED) is 0.0945. The number of aromatic nitrogens is 5. The highest BCUT2D eigenvalue weighted by Crippen LogP contribution is 2.29. The maximum atomic E-state index is 13.5. The van der Waals surface area contributed by atoms with Crippen molar-refractivity contribution in [2.24, 2.45) is 0 Å². The number of ether oxygens (including phenoxy) is 5. The number of nitrogens with zero attached hydrogens (tertiary/aromatic N) is 5. The molecule has 0 spiro atoms. The number of benzene rings is 2. The van der Waals surface area contributed by atoms with E-state index in [1.54, 1.807) is 11.3 Å². The Hall–Kier alpha value is -4.99. The average molecular weight is 748 g/mol. The van der Waals surface area contributed by atoms with E-state index < -0.39 is 11.7 Å². The van der Waals surface area contributed by atoms with Gasteiger partial charge in [0.15, 0.2) is 11.5 Å². The van der Waals surface area contributed by atoms with Gasteiger partial charge in [0.1, 0.15) is 11.3 Å². The minimum atomic E-state index is -0.537. The van der Waals surface area contributed by atoms with Crippen LogP contribution in [0, 0.1) is 0 Å². The fourth-order valence-corrected chi connectivity index (χ4v) is 6.27. The van der Waals surface area contributed by atoms with Gasteiger partial charge in [-0.15, -0.1) is 21.5 Å². The molecule has 0 atom stereocenters. The van der Waals surface area contributed by atoms with E-state index in [0.29, 0.717) is 89.5 Å². The number of hydrogen-bond acceptors (Lipinski definition) is 11. The van der Waals surface area contributed by atoms with Gasteiger partial charge in [0.2, 0.25) is 5.82 Å². The summed E-state index contributed by atoms with van der Waals surface area (Å²) < 4.78 is 30.9. The van der Waals surface area contributed by atoms with Crippen molar-refractivity contribution in [3.8, 4) is 22.9 Å². The molecule has 2 amide bonds. The summed E-state index contributed by atoms with van der Waals surface area (Å²) in [6.45, 7) is 13.7. The van der Waals surface area contributed by atoms with Crippen molar-refractivity contribution in [3.05, 3.63) is 76.8 Å². The van der Waals surface area contributed by atoms with Crippen molar-refractivity contribution in [1.29, 1.82) is 0 Å². The van der Waals surface area contributed by atoms with Crippen LogP contribution in [-0.4, -0.2) is 95.1 Å². The molecule has 53 heavy (non-hydrogen) atoms. The summed E-state index contributed by atoms with van der Waals surface area (Å²) in [5.41, 5.74) is 3.95. The molecule has 14 nitrogen and oxygen atoms in total. The van der Waals surface area contributed by atoms with E-state index in [1.807, 2.05) is 99.2 Å². The minimum absolute atomic E-state index is 0.130. The third-order valence-corrected chi connectivity index (χ3v) is 8.62. The second-order valence-corrected chi connectivity index (χ2v) is 13.9.